The van der Waals surface area contributed by atoms with Gasteiger partial charge in [-0.3, -0.25) is 9.59 Å². The first kappa shape index (κ1) is 17.5. The highest BCUT2D eigenvalue weighted by atomic mass is 32.1. The van der Waals surface area contributed by atoms with Gasteiger partial charge in [-0.05, 0) is 50.2 Å². The number of piperidine rings is 1. The average molecular weight is 368 g/mol. The Labute approximate surface area is 159 Å². The van der Waals surface area contributed by atoms with E-state index >= 15 is 0 Å². The van der Waals surface area contributed by atoms with Crippen LogP contribution in [0.1, 0.15) is 62.6 Å². The third-order valence-electron chi connectivity index (χ3n) is 5.67. The average Bonchev–Trinajstić information content (AvgIpc) is 2.98. The Balaban J connectivity index is 1.39. The number of hydrogen-bond donors (Lipinski definition) is 0. The van der Waals surface area contributed by atoms with E-state index in [9.17, 15) is 9.59 Å². The standard InChI is InChI=1S/C22H25NO2S/c24-21(16-7-3-1-4-8-16)17-11-13-23(14-12-17)22(25)20-15-18-9-5-2-6-10-19(18)26-20/h1,3-4,7-8,15,17H,2,5-6,9-14H2. The number of likely N-dealkylation sites (tertiary alicyclic amines) is 1. The minimum Gasteiger partial charge on any atom is -0.338 e. The van der Waals surface area contributed by atoms with Crippen molar-refractivity contribution in [2.24, 2.45) is 5.92 Å². The Morgan fingerprint density at radius 1 is 0.962 bits per heavy atom. The van der Waals surface area contributed by atoms with Crippen molar-refractivity contribution < 1.29 is 9.59 Å². The van der Waals surface area contributed by atoms with Crippen LogP contribution in [0.3, 0.4) is 0 Å². The molecule has 1 aliphatic carbocycles. The highest BCUT2D eigenvalue weighted by Crippen LogP contribution is 2.31. The molecule has 1 aliphatic heterocycles. The van der Waals surface area contributed by atoms with E-state index in [-0.39, 0.29) is 17.6 Å². The molecule has 0 unspecified atom stereocenters. The van der Waals surface area contributed by atoms with E-state index < -0.39 is 0 Å². The minimum atomic E-state index is 0.0431. The number of carbonyl (C=O) groups is 2. The molecule has 0 N–H and O–H groups in total. The molecule has 136 valence electrons. The summed E-state index contributed by atoms with van der Waals surface area (Å²) in [7, 11) is 0. The predicted molar refractivity (Wildman–Crippen MR) is 105 cm³/mol. The van der Waals surface area contributed by atoms with Gasteiger partial charge in [0.2, 0.25) is 0 Å². The van der Waals surface area contributed by atoms with Crippen LogP contribution in [0.2, 0.25) is 0 Å². The number of thiophene rings is 1. The third-order valence-corrected chi connectivity index (χ3v) is 6.89. The van der Waals surface area contributed by atoms with Gasteiger partial charge in [-0.2, -0.15) is 0 Å². The zero-order chi connectivity index (χ0) is 17.9. The van der Waals surface area contributed by atoms with Gasteiger partial charge in [0.15, 0.2) is 5.78 Å². The molecule has 2 aliphatic rings. The predicted octanol–water partition coefficient (Wildman–Crippen LogP) is 4.75. The van der Waals surface area contributed by atoms with Crippen molar-refractivity contribution in [3.8, 4) is 0 Å². The molecule has 0 radical (unpaired) electrons. The first-order chi connectivity index (χ1) is 12.7. The van der Waals surface area contributed by atoms with E-state index in [2.05, 4.69) is 6.07 Å². The van der Waals surface area contributed by atoms with E-state index in [0.717, 1.165) is 36.1 Å². The number of ketones is 1. The Morgan fingerprint density at radius 2 is 1.69 bits per heavy atom. The lowest BCUT2D eigenvalue weighted by Gasteiger charge is -2.31. The number of fused-ring (bicyclic) bond motifs is 1. The van der Waals surface area contributed by atoms with Crippen LogP contribution >= 0.6 is 11.3 Å². The summed E-state index contributed by atoms with van der Waals surface area (Å²) < 4.78 is 0. The number of benzene rings is 1. The molecule has 2 aromatic rings. The van der Waals surface area contributed by atoms with Gasteiger partial charge in [0.1, 0.15) is 0 Å². The highest BCUT2D eigenvalue weighted by Gasteiger charge is 2.29. The lowest BCUT2D eigenvalue weighted by atomic mass is 9.89. The van der Waals surface area contributed by atoms with Crippen LogP contribution < -0.4 is 0 Å². The molecule has 0 spiro atoms. The Morgan fingerprint density at radius 3 is 2.46 bits per heavy atom. The van der Waals surface area contributed by atoms with E-state index in [1.54, 1.807) is 11.3 Å². The second-order valence-electron chi connectivity index (χ2n) is 7.42. The third kappa shape index (κ3) is 3.61. The molecular weight excluding hydrogens is 342 g/mol. The molecular formula is C22H25NO2S. The molecule has 2 heterocycles. The van der Waals surface area contributed by atoms with Crippen molar-refractivity contribution in [1.82, 2.24) is 4.90 Å². The first-order valence-corrected chi connectivity index (χ1v) is 10.5. The fraction of sp³-hybridized carbons (Fsp3) is 0.455. The van der Waals surface area contributed by atoms with Crippen LogP contribution in [0.4, 0.5) is 0 Å². The zero-order valence-corrected chi connectivity index (χ0v) is 15.9. The molecule has 1 aromatic heterocycles. The van der Waals surface area contributed by atoms with Gasteiger partial charge in [-0.25, -0.2) is 0 Å². The number of rotatable bonds is 3. The Bertz CT molecular complexity index is 764. The van der Waals surface area contributed by atoms with E-state index in [1.807, 2.05) is 35.2 Å². The molecule has 0 atom stereocenters. The van der Waals surface area contributed by atoms with Crippen molar-refractivity contribution in [1.29, 1.82) is 0 Å². The normalized spacial score (nSPS) is 18.2. The van der Waals surface area contributed by atoms with Gasteiger partial charge in [-0.15, -0.1) is 11.3 Å². The SMILES string of the molecule is O=C(c1ccccc1)C1CCN(C(=O)c2cc3c(s2)CCCCC3)CC1. The maximum atomic E-state index is 12.9. The van der Waals surface area contributed by atoms with Crippen molar-refractivity contribution in [2.75, 3.05) is 13.1 Å². The van der Waals surface area contributed by atoms with Crippen molar-refractivity contribution in [3.05, 3.63) is 57.3 Å². The van der Waals surface area contributed by atoms with Gasteiger partial charge in [-0.1, -0.05) is 36.8 Å². The second kappa shape index (κ2) is 7.75. The van der Waals surface area contributed by atoms with Gasteiger partial charge >= 0.3 is 0 Å². The summed E-state index contributed by atoms with van der Waals surface area (Å²) in [6.07, 6.45) is 7.56. The molecule has 1 aromatic carbocycles. The topological polar surface area (TPSA) is 37.4 Å². The van der Waals surface area contributed by atoms with Crippen LogP contribution in [-0.4, -0.2) is 29.7 Å². The van der Waals surface area contributed by atoms with Crippen molar-refractivity contribution in [3.63, 3.8) is 0 Å². The molecule has 4 rings (SSSR count). The molecule has 0 saturated carbocycles. The summed E-state index contributed by atoms with van der Waals surface area (Å²) in [5, 5.41) is 0. The smallest absolute Gasteiger partial charge is 0.263 e. The van der Waals surface area contributed by atoms with Gasteiger partial charge in [0.05, 0.1) is 4.88 Å². The Hall–Kier alpha value is -1.94. The maximum absolute atomic E-state index is 12.9. The fourth-order valence-corrected chi connectivity index (χ4v) is 5.33. The molecule has 1 saturated heterocycles. The summed E-state index contributed by atoms with van der Waals surface area (Å²) >= 11 is 1.70. The number of hydrogen-bond acceptors (Lipinski definition) is 3. The molecule has 4 heteroatoms. The summed E-state index contributed by atoms with van der Waals surface area (Å²) in [5.74, 6) is 0.427. The monoisotopic (exact) mass is 367 g/mol. The largest absolute Gasteiger partial charge is 0.338 e. The first-order valence-electron chi connectivity index (χ1n) is 9.72. The lowest BCUT2D eigenvalue weighted by Crippen LogP contribution is -2.40. The number of carbonyl (C=O) groups excluding carboxylic acids is 2. The van der Waals surface area contributed by atoms with Crippen molar-refractivity contribution in [2.45, 2.75) is 44.9 Å². The molecule has 3 nitrogen and oxygen atoms in total. The molecule has 0 bridgehead atoms. The van der Waals surface area contributed by atoms with Crippen LogP contribution in [0.15, 0.2) is 36.4 Å². The van der Waals surface area contributed by atoms with Crippen molar-refractivity contribution >= 4 is 23.0 Å². The minimum absolute atomic E-state index is 0.0431. The molecule has 1 amide bonds. The second-order valence-corrected chi connectivity index (χ2v) is 8.55. The maximum Gasteiger partial charge on any atom is 0.263 e. The van der Waals surface area contributed by atoms with E-state index in [4.69, 9.17) is 0 Å². The van der Waals surface area contributed by atoms with Crippen LogP contribution in [-0.2, 0) is 12.8 Å². The Kier molecular flexibility index (Phi) is 5.21. The van der Waals surface area contributed by atoms with Crippen LogP contribution in [0.25, 0.3) is 0 Å². The number of aryl methyl sites for hydroxylation is 2. The van der Waals surface area contributed by atoms with Gasteiger partial charge < -0.3 is 4.90 Å². The number of nitrogens with zero attached hydrogens (tertiary/aromatic N) is 1. The lowest BCUT2D eigenvalue weighted by molar-refractivity contribution is 0.0654. The summed E-state index contributed by atoms with van der Waals surface area (Å²) in [5.41, 5.74) is 2.18. The summed E-state index contributed by atoms with van der Waals surface area (Å²) in [6.45, 7) is 1.37. The molecule has 26 heavy (non-hydrogen) atoms. The zero-order valence-electron chi connectivity index (χ0n) is 15.1. The summed E-state index contributed by atoms with van der Waals surface area (Å²) in [4.78, 5) is 29.8. The van der Waals surface area contributed by atoms with Gasteiger partial charge in [0.25, 0.3) is 5.91 Å². The summed E-state index contributed by atoms with van der Waals surface area (Å²) in [6, 6.07) is 11.7. The van der Waals surface area contributed by atoms with Crippen LogP contribution in [0, 0.1) is 5.92 Å². The van der Waals surface area contributed by atoms with Gasteiger partial charge in [0, 0.05) is 29.4 Å². The number of Topliss-reactive ketones (excluding diaryl/α,β-unsaturated/α-hetero) is 1. The number of amides is 1. The molecule has 1 fully saturated rings. The quantitative estimate of drug-likeness (QED) is 0.580. The highest BCUT2D eigenvalue weighted by molar-refractivity contribution is 7.14. The van der Waals surface area contributed by atoms with E-state index in [0.29, 0.717) is 13.1 Å². The fourth-order valence-electron chi connectivity index (χ4n) is 4.11. The van der Waals surface area contributed by atoms with Crippen LogP contribution in [0.5, 0.6) is 0 Å². The van der Waals surface area contributed by atoms with E-state index in [1.165, 1.54) is 29.7 Å².